The Morgan fingerprint density at radius 3 is 2.07 bits per heavy atom. The number of benzene rings is 3. The second-order valence-corrected chi connectivity index (χ2v) is 7.59. The zero-order chi connectivity index (χ0) is 20.2. The van der Waals surface area contributed by atoms with Crippen LogP contribution in [0.4, 0.5) is 4.79 Å². The lowest BCUT2D eigenvalue weighted by atomic mass is 9.98. The Hall–Kier alpha value is -3.33. The van der Waals surface area contributed by atoms with Crippen LogP contribution in [0.2, 0.25) is 0 Å². The smallest absolute Gasteiger partial charge is 0.407 e. The standard InChI is InChI=1S/C26H25NO2/c1-18(2)16-25(19-10-4-3-5-11-19)27-26(28)29-17-24-22-14-8-6-12-20(22)21-13-7-9-15-23(21)24/h3-15,24-25H,1,16-17H2,2H3,(H,27,28). The van der Waals surface area contributed by atoms with E-state index < -0.39 is 6.09 Å². The van der Waals surface area contributed by atoms with Gasteiger partial charge >= 0.3 is 6.09 Å². The maximum atomic E-state index is 12.6. The predicted octanol–water partition coefficient (Wildman–Crippen LogP) is 6.23. The quantitative estimate of drug-likeness (QED) is 0.512. The van der Waals surface area contributed by atoms with Crippen molar-refractivity contribution in [3.63, 3.8) is 0 Å². The first-order chi connectivity index (χ1) is 14.1. The fraction of sp³-hybridized carbons (Fsp3) is 0.192. The van der Waals surface area contributed by atoms with Crippen LogP contribution in [-0.4, -0.2) is 12.7 Å². The lowest BCUT2D eigenvalue weighted by Crippen LogP contribution is -2.30. The van der Waals surface area contributed by atoms with Gasteiger partial charge in [0.1, 0.15) is 6.61 Å². The second kappa shape index (κ2) is 8.36. The molecular formula is C26H25NO2. The van der Waals surface area contributed by atoms with E-state index in [0.29, 0.717) is 13.0 Å². The molecule has 0 saturated carbocycles. The third-order valence-corrected chi connectivity index (χ3v) is 5.39. The Balaban J connectivity index is 1.47. The van der Waals surface area contributed by atoms with Crippen molar-refractivity contribution in [2.24, 2.45) is 0 Å². The largest absolute Gasteiger partial charge is 0.449 e. The molecule has 1 amide bonds. The van der Waals surface area contributed by atoms with Crippen molar-refractivity contribution >= 4 is 6.09 Å². The number of ether oxygens (including phenoxy) is 1. The van der Waals surface area contributed by atoms with E-state index in [2.05, 4.69) is 36.2 Å². The van der Waals surface area contributed by atoms with Gasteiger partial charge in [-0.05, 0) is 41.2 Å². The molecular weight excluding hydrogens is 358 g/mol. The Bertz CT molecular complexity index is 980. The summed E-state index contributed by atoms with van der Waals surface area (Å²) in [6, 6.07) is 26.5. The van der Waals surface area contributed by atoms with E-state index in [0.717, 1.165) is 11.1 Å². The predicted molar refractivity (Wildman–Crippen MR) is 117 cm³/mol. The average Bonchev–Trinajstić information content (AvgIpc) is 3.06. The number of alkyl carbamates (subject to hydrolysis) is 1. The molecule has 1 atom stereocenters. The Morgan fingerprint density at radius 1 is 0.931 bits per heavy atom. The monoisotopic (exact) mass is 383 g/mol. The number of fused-ring (bicyclic) bond motifs is 3. The van der Waals surface area contributed by atoms with Crippen molar-refractivity contribution in [2.45, 2.75) is 25.3 Å². The van der Waals surface area contributed by atoms with Crippen molar-refractivity contribution in [2.75, 3.05) is 6.61 Å². The minimum absolute atomic E-state index is 0.0597. The van der Waals surface area contributed by atoms with Gasteiger partial charge < -0.3 is 10.1 Å². The maximum absolute atomic E-state index is 12.6. The third-order valence-electron chi connectivity index (χ3n) is 5.39. The zero-order valence-electron chi connectivity index (χ0n) is 16.6. The lowest BCUT2D eigenvalue weighted by Gasteiger charge is -2.20. The molecule has 0 saturated heterocycles. The molecule has 3 heteroatoms. The van der Waals surface area contributed by atoms with Gasteiger partial charge in [-0.1, -0.05) is 84.4 Å². The van der Waals surface area contributed by atoms with Crippen LogP contribution in [0.3, 0.4) is 0 Å². The molecule has 0 heterocycles. The van der Waals surface area contributed by atoms with Gasteiger partial charge in [-0.15, -0.1) is 6.58 Å². The number of hydrogen-bond acceptors (Lipinski definition) is 2. The third kappa shape index (κ3) is 4.09. The molecule has 3 nitrogen and oxygen atoms in total. The van der Waals surface area contributed by atoms with Gasteiger partial charge in [-0.25, -0.2) is 4.79 Å². The van der Waals surface area contributed by atoms with Crippen LogP contribution in [0, 0.1) is 0 Å². The van der Waals surface area contributed by atoms with Gasteiger partial charge in [0.25, 0.3) is 0 Å². The minimum atomic E-state index is -0.401. The van der Waals surface area contributed by atoms with E-state index in [1.165, 1.54) is 22.3 Å². The van der Waals surface area contributed by atoms with Gasteiger partial charge in [-0.3, -0.25) is 0 Å². The SMILES string of the molecule is C=C(C)CC(NC(=O)OCC1c2ccccc2-c2ccccc21)c1ccccc1. The molecule has 146 valence electrons. The van der Waals surface area contributed by atoms with Gasteiger partial charge in [0.15, 0.2) is 0 Å². The van der Waals surface area contributed by atoms with Gasteiger partial charge in [-0.2, -0.15) is 0 Å². The summed E-state index contributed by atoms with van der Waals surface area (Å²) in [5.41, 5.74) is 6.93. The zero-order valence-corrected chi connectivity index (χ0v) is 16.6. The van der Waals surface area contributed by atoms with Crippen molar-refractivity contribution < 1.29 is 9.53 Å². The van der Waals surface area contributed by atoms with Crippen LogP contribution in [0.1, 0.15) is 42.0 Å². The highest BCUT2D eigenvalue weighted by Gasteiger charge is 2.29. The average molecular weight is 383 g/mol. The molecule has 0 spiro atoms. The van der Waals surface area contributed by atoms with Crippen LogP contribution in [0.15, 0.2) is 91.0 Å². The highest BCUT2D eigenvalue weighted by molar-refractivity contribution is 5.79. The summed E-state index contributed by atoms with van der Waals surface area (Å²) < 4.78 is 5.69. The Kier molecular flexibility index (Phi) is 5.48. The number of hydrogen-bond donors (Lipinski definition) is 1. The first kappa shape index (κ1) is 19.0. The normalized spacial score (nSPS) is 13.3. The molecule has 0 fully saturated rings. The van der Waals surface area contributed by atoms with Crippen molar-refractivity contribution in [3.8, 4) is 11.1 Å². The fourth-order valence-electron chi connectivity index (χ4n) is 4.07. The second-order valence-electron chi connectivity index (χ2n) is 7.59. The Morgan fingerprint density at radius 2 is 1.48 bits per heavy atom. The molecule has 4 rings (SSSR count). The molecule has 3 aromatic rings. The van der Waals surface area contributed by atoms with Crippen LogP contribution >= 0.6 is 0 Å². The van der Waals surface area contributed by atoms with Gasteiger partial charge in [0, 0.05) is 5.92 Å². The number of amides is 1. The molecule has 0 aromatic heterocycles. The molecule has 0 radical (unpaired) electrons. The number of nitrogens with one attached hydrogen (secondary N) is 1. The summed E-state index contributed by atoms with van der Waals surface area (Å²) in [5.74, 6) is 0.0597. The topological polar surface area (TPSA) is 38.3 Å². The molecule has 0 aliphatic heterocycles. The van der Waals surface area contributed by atoms with Gasteiger partial charge in [0.05, 0.1) is 6.04 Å². The number of carbonyl (C=O) groups excluding carboxylic acids is 1. The lowest BCUT2D eigenvalue weighted by molar-refractivity contribution is 0.139. The van der Waals surface area contributed by atoms with Gasteiger partial charge in [0.2, 0.25) is 0 Å². The van der Waals surface area contributed by atoms with Crippen LogP contribution in [0.5, 0.6) is 0 Å². The molecule has 0 bridgehead atoms. The summed E-state index contributed by atoms with van der Waals surface area (Å²) in [5, 5.41) is 3.01. The summed E-state index contributed by atoms with van der Waals surface area (Å²) in [6.45, 7) is 6.28. The van der Waals surface area contributed by atoms with E-state index in [4.69, 9.17) is 4.74 Å². The van der Waals surface area contributed by atoms with Crippen molar-refractivity contribution in [1.82, 2.24) is 5.32 Å². The van der Waals surface area contributed by atoms with Crippen LogP contribution in [0.25, 0.3) is 11.1 Å². The molecule has 1 N–H and O–H groups in total. The Labute approximate surface area is 172 Å². The fourth-order valence-corrected chi connectivity index (χ4v) is 4.07. The molecule has 29 heavy (non-hydrogen) atoms. The van der Waals surface area contributed by atoms with Crippen LogP contribution in [-0.2, 0) is 4.74 Å². The maximum Gasteiger partial charge on any atom is 0.407 e. The molecule has 1 unspecified atom stereocenters. The van der Waals surface area contributed by atoms with E-state index >= 15 is 0 Å². The number of carbonyl (C=O) groups is 1. The van der Waals surface area contributed by atoms with E-state index in [9.17, 15) is 4.79 Å². The first-order valence-corrected chi connectivity index (χ1v) is 9.94. The number of rotatable bonds is 6. The molecule has 1 aliphatic rings. The minimum Gasteiger partial charge on any atom is -0.449 e. The molecule has 1 aliphatic carbocycles. The summed E-state index contributed by atoms with van der Waals surface area (Å²) in [4.78, 5) is 12.6. The van der Waals surface area contributed by atoms with Crippen molar-refractivity contribution in [1.29, 1.82) is 0 Å². The summed E-state index contributed by atoms with van der Waals surface area (Å²) >= 11 is 0. The van der Waals surface area contributed by atoms with Crippen molar-refractivity contribution in [3.05, 3.63) is 108 Å². The van der Waals surface area contributed by atoms with E-state index in [1.807, 2.05) is 61.5 Å². The summed E-state index contributed by atoms with van der Waals surface area (Å²) in [7, 11) is 0. The summed E-state index contributed by atoms with van der Waals surface area (Å²) in [6.07, 6.45) is 0.274. The van der Waals surface area contributed by atoms with E-state index in [-0.39, 0.29) is 12.0 Å². The van der Waals surface area contributed by atoms with Crippen LogP contribution < -0.4 is 5.32 Å². The van der Waals surface area contributed by atoms with E-state index in [1.54, 1.807) is 0 Å². The highest BCUT2D eigenvalue weighted by Crippen LogP contribution is 2.44. The highest BCUT2D eigenvalue weighted by atomic mass is 16.5. The molecule has 3 aromatic carbocycles. The first-order valence-electron chi connectivity index (χ1n) is 9.94.